The molecule has 1 heterocycles. The summed E-state index contributed by atoms with van der Waals surface area (Å²) in [6.07, 6.45) is 2.15. The Balaban J connectivity index is 1.82. The third-order valence-electron chi connectivity index (χ3n) is 3.62. The van der Waals surface area contributed by atoms with Crippen LogP contribution < -0.4 is 9.47 Å². The molecule has 1 aromatic carbocycles. The quantitative estimate of drug-likeness (QED) is 0.784. The molecule has 0 amide bonds. The Kier molecular flexibility index (Phi) is 6.79. The van der Waals surface area contributed by atoms with E-state index in [1.54, 1.807) is 7.11 Å². The number of methoxy groups -OCH3 is 1. The lowest BCUT2D eigenvalue weighted by molar-refractivity contribution is 0.0374. The van der Waals surface area contributed by atoms with Gasteiger partial charge >= 0.3 is 0 Å². The van der Waals surface area contributed by atoms with Gasteiger partial charge in [-0.25, -0.2) is 0 Å². The lowest BCUT2D eigenvalue weighted by atomic mass is 10.1. The normalized spacial score (nSPS) is 15.9. The second-order valence-electron chi connectivity index (χ2n) is 5.11. The summed E-state index contributed by atoms with van der Waals surface area (Å²) in [5, 5.41) is 8.81. The summed E-state index contributed by atoms with van der Waals surface area (Å²) in [5.41, 5.74) is 1.25. The van der Waals surface area contributed by atoms with Gasteiger partial charge < -0.3 is 19.3 Å². The minimum absolute atomic E-state index is 0.00442. The molecule has 1 aliphatic heterocycles. The molecule has 0 aromatic heterocycles. The van der Waals surface area contributed by atoms with E-state index in [1.807, 2.05) is 12.1 Å². The second-order valence-corrected chi connectivity index (χ2v) is 5.11. The lowest BCUT2D eigenvalue weighted by Gasteiger charge is -2.26. The molecular weight excluding hydrogens is 270 g/mol. The molecular formula is C16H25NO4. The fourth-order valence-corrected chi connectivity index (χ4v) is 2.47. The summed E-state index contributed by atoms with van der Waals surface area (Å²) >= 11 is 0. The summed E-state index contributed by atoms with van der Waals surface area (Å²) in [6.45, 7) is 5.18. The van der Waals surface area contributed by atoms with Crippen LogP contribution in [0.25, 0.3) is 0 Å². The number of rotatable bonds is 8. The molecule has 2 rings (SSSR count). The van der Waals surface area contributed by atoms with Gasteiger partial charge in [0.05, 0.1) is 26.9 Å². The van der Waals surface area contributed by atoms with Gasteiger partial charge in [-0.15, -0.1) is 0 Å². The SMILES string of the molecule is COc1cc(CCCN2CCOCC2)ccc1OCCO. The molecule has 21 heavy (non-hydrogen) atoms. The molecule has 1 saturated heterocycles. The van der Waals surface area contributed by atoms with Crippen LogP contribution in [0.4, 0.5) is 0 Å². The summed E-state index contributed by atoms with van der Waals surface area (Å²) in [6, 6.07) is 6.00. The molecule has 1 N–H and O–H groups in total. The van der Waals surface area contributed by atoms with Crippen molar-refractivity contribution in [2.24, 2.45) is 0 Å². The van der Waals surface area contributed by atoms with Crippen molar-refractivity contribution < 1.29 is 19.3 Å². The number of aryl methyl sites for hydroxylation is 1. The Morgan fingerprint density at radius 3 is 2.76 bits per heavy atom. The zero-order valence-corrected chi connectivity index (χ0v) is 12.7. The van der Waals surface area contributed by atoms with Crippen molar-refractivity contribution in [2.45, 2.75) is 12.8 Å². The molecule has 0 radical (unpaired) electrons. The molecule has 0 unspecified atom stereocenters. The summed E-state index contributed by atoms with van der Waals surface area (Å²) in [7, 11) is 1.64. The fraction of sp³-hybridized carbons (Fsp3) is 0.625. The van der Waals surface area contributed by atoms with E-state index in [9.17, 15) is 0 Å². The number of hydrogen-bond acceptors (Lipinski definition) is 5. The van der Waals surface area contributed by atoms with E-state index >= 15 is 0 Å². The highest BCUT2D eigenvalue weighted by molar-refractivity contribution is 5.43. The molecule has 1 fully saturated rings. The van der Waals surface area contributed by atoms with Gasteiger partial charge in [0.15, 0.2) is 11.5 Å². The maximum Gasteiger partial charge on any atom is 0.161 e. The molecule has 0 spiro atoms. The molecule has 1 aliphatic rings. The van der Waals surface area contributed by atoms with Crippen LogP contribution in [-0.4, -0.2) is 63.2 Å². The first-order valence-electron chi connectivity index (χ1n) is 7.54. The molecule has 0 atom stereocenters. The lowest BCUT2D eigenvalue weighted by Crippen LogP contribution is -2.36. The molecule has 0 saturated carbocycles. The van der Waals surface area contributed by atoms with Gasteiger partial charge in [0.2, 0.25) is 0 Å². The number of aliphatic hydroxyl groups is 1. The molecule has 5 nitrogen and oxygen atoms in total. The van der Waals surface area contributed by atoms with Crippen molar-refractivity contribution in [1.82, 2.24) is 4.90 Å². The first-order valence-corrected chi connectivity index (χ1v) is 7.54. The van der Waals surface area contributed by atoms with Gasteiger partial charge in [0.25, 0.3) is 0 Å². The molecule has 1 aromatic rings. The number of benzene rings is 1. The van der Waals surface area contributed by atoms with E-state index in [0.29, 0.717) is 5.75 Å². The van der Waals surface area contributed by atoms with Crippen molar-refractivity contribution in [2.75, 3.05) is 53.2 Å². The Morgan fingerprint density at radius 1 is 1.24 bits per heavy atom. The van der Waals surface area contributed by atoms with Crippen LogP contribution in [0, 0.1) is 0 Å². The topological polar surface area (TPSA) is 51.2 Å². The third kappa shape index (κ3) is 5.19. The zero-order valence-electron chi connectivity index (χ0n) is 12.7. The van der Waals surface area contributed by atoms with Crippen LogP contribution in [-0.2, 0) is 11.2 Å². The highest BCUT2D eigenvalue weighted by Crippen LogP contribution is 2.28. The van der Waals surface area contributed by atoms with Crippen molar-refractivity contribution in [3.05, 3.63) is 23.8 Å². The predicted octanol–water partition coefficient (Wildman–Crippen LogP) is 1.33. The van der Waals surface area contributed by atoms with Gasteiger partial charge in [-0.1, -0.05) is 6.07 Å². The fourth-order valence-electron chi connectivity index (χ4n) is 2.47. The maximum absolute atomic E-state index is 8.81. The number of morpholine rings is 1. The minimum Gasteiger partial charge on any atom is -0.493 e. The van der Waals surface area contributed by atoms with E-state index < -0.39 is 0 Å². The standard InChI is InChI=1S/C16H25NO4/c1-19-16-13-14(4-5-15(16)21-12-9-18)3-2-6-17-7-10-20-11-8-17/h4-5,13,18H,2-3,6-12H2,1H3. The Bertz CT molecular complexity index is 419. The predicted molar refractivity (Wildman–Crippen MR) is 81.2 cm³/mol. The summed E-state index contributed by atoms with van der Waals surface area (Å²) in [4.78, 5) is 2.44. The number of hydrogen-bond donors (Lipinski definition) is 1. The Labute approximate surface area is 126 Å². The average molecular weight is 295 g/mol. The molecule has 0 bridgehead atoms. The first kappa shape index (κ1) is 16.1. The highest BCUT2D eigenvalue weighted by atomic mass is 16.5. The van der Waals surface area contributed by atoms with Crippen LogP contribution in [0.15, 0.2) is 18.2 Å². The van der Waals surface area contributed by atoms with Crippen molar-refractivity contribution in [3.8, 4) is 11.5 Å². The summed E-state index contributed by atoms with van der Waals surface area (Å²) < 4.78 is 16.1. The van der Waals surface area contributed by atoms with Crippen LogP contribution in [0.2, 0.25) is 0 Å². The third-order valence-corrected chi connectivity index (χ3v) is 3.62. The van der Waals surface area contributed by atoms with Gasteiger partial charge in [-0.2, -0.15) is 0 Å². The van der Waals surface area contributed by atoms with Crippen LogP contribution >= 0.6 is 0 Å². The number of nitrogens with zero attached hydrogens (tertiary/aromatic N) is 1. The van der Waals surface area contributed by atoms with Gasteiger partial charge in [-0.3, -0.25) is 4.90 Å². The van der Waals surface area contributed by atoms with Crippen LogP contribution in [0.1, 0.15) is 12.0 Å². The summed E-state index contributed by atoms with van der Waals surface area (Å²) in [5.74, 6) is 1.41. The van der Waals surface area contributed by atoms with Gasteiger partial charge in [0.1, 0.15) is 6.61 Å². The second kappa shape index (κ2) is 8.87. The van der Waals surface area contributed by atoms with E-state index in [1.165, 1.54) is 5.56 Å². The van der Waals surface area contributed by atoms with Gasteiger partial charge in [0, 0.05) is 13.1 Å². The van der Waals surface area contributed by atoms with Crippen molar-refractivity contribution in [1.29, 1.82) is 0 Å². The maximum atomic E-state index is 8.81. The molecule has 0 aliphatic carbocycles. The number of ether oxygens (including phenoxy) is 3. The van der Waals surface area contributed by atoms with Crippen LogP contribution in [0.3, 0.4) is 0 Å². The smallest absolute Gasteiger partial charge is 0.161 e. The Morgan fingerprint density at radius 2 is 2.05 bits per heavy atom. The highest BCUT2D eigenvalue weighted by Gasteiger charge is 2.10. The molecule has 5 heteroatoms. The monoisotopic (exact) mass is 295 g/mol. The van der Waals surface area contributed by atoms with E-state index in [0.717, 1.165) is 51.4 Å². The molecule has 118 valence electrons. The zero-order chi connectivity index (χ0) is 14.9. The largest absolute Gasteiger partial charge is 0.493 e. The van der Waals surface area contributed by atoms with E-state index in [4.69, 9.17) is 19.3 Å². The van der Waals surface area contributed by atoms with Crippen LogP contribution in [0.5, 0.6) is 11.5 Å². The Hall–Kier alpha value is -1.30. The minimum atomic E-state index is 0.00442. The van der Waals surface area contributed by atoms with Crippen molar-refractivity contribution in [3.63, 3.8) is 0 Å². The van der Waals surface area contributed by atoms with E-state index in [-0.39, 0.29) is 13.2 Å². The van der Waals surface area contributed by atoms with Gasteiger partial charge in [-0.05, 0) is 37.1 Å². The van der Waals surface area contributed by atoms with Crippen molar-refractivity contribution >= 4 is 0 Å². The van der Waals surface area contributed by atoms with E-state index in [2.05, 4.69) is 11.0 Å². The average Bonchev–Trinajstić information content (AvgIpc) is 2.54. The first-order chi connectivity index (χ1) is 10.3. The number of aliphatic hydroxyl groups excluding tert-OH is 1.